The molecule has 0 saturated carbocycles. The van der Waals surface area contributed by atoms with Gasteiger partial charge < -0.3 is 9.67 Å². The molecule has 0 saturated heterocycles. The quantitative estimate of drug-likeness (QED) is 0.881. The summed E-state index contributed by atoms with van der Waals surface area (Å²) in [5.74, 6) is 0. The van der Waals surface area contributed by atoms with Gasteiger partial charge in [0.25, 0.3) is 0 Å². The van der Waals surface area contributed by atoms with Gasteiger partial charge in [0.1, 0.15) is 5.03 Å². The van der Waals surface area contributed by atoms with E-state index in [0.717, 1.165) is 15.9 Å². The van der Waals surface area contributed by atoms with Crippen LogP contribution in [0, 0.1) is 6.92 Å². The van der Waals surface area contributed by atoms with Gasteiger partial charge in [0.05, 0.1) is 18.5 Å². The Labute approximate surface area is 98.4 Å². The summed E-state index contributed by atoms with van der Waals surface area (Å²) in [5.41, 5.74) is 1.98. The van der Waals surface area contributed by atoms with Crippen molar-refractivity contribution in [3.8, 4) is 0 Å². The number of hydrogen-bond acceptors (Lipinski definition) is 4. The van der Waals surface area contributed by atoms with Crippen LogP contribution in [0.5, 0.6) is 0 Å². The maximum absolute atomic E-state index is 9.06. The summed E-state index contributed by atoms with van der Waals surface area (Å²) in [7, 11) is 1.89. The van der Waals surface area contributed by atoms with Gasteiger partial charge in [-0.2, -0.15) is 0 Å². The minimum Gasteiger partial charge on any atom is -0.390 e. The van der Waals surface area contributed by atoms with E-state index >= 15 is 0 Å². The molecule has 1 N–H and O–H groups in total. The van der Waals surface area contributed by atoms with Crippen LogP contribution in [0.15, 0.2) is 34.7 Å². The maximum Gasteiger partial charge on any atom is 0.174 e. The molecule has 0 radical (unpaired) electrons. The topological polar surface area (TPSA) is 50.9 Å². The Morgan fingerprint density at radius 1 is 1.44 bits per heavy atom. The average Bonchev–Trinajstić information content (AvgIpc) is 2.60. The number of pyridine rings is 1. The largest absolute Gasteiger partial charge is 0.390 e. The molecule has 0 atom stereocenters. The molecule has 5 heteroatoms. The summed E-state index contributed by atoms with van der Waals surface area (Å²) in [6.07, 6.45) is 3.46. The molecule has 0 unspecified atom stereocenters. The van der Waals surface area contributed by atoms with Crippen LogP contribution in [-0.2, 0) is 13.7 Å². The zero-order chi connectivity index (χ0) is 11.5. The Kier molecular flexibility index (Phi) is 3.26. The van der Waals surface area contributed by atoms with E-state index in [0.29, 0.717) is 0 Å². The highest BCUT2D eigenvalue weighted by molar-refractivity contribution is 7.99. The molecule has 0 aliphatic heterocycles. The van der Waals surface area contributed by atoms with Crippen molar-refractivity contribution in [3.05, 3.63) is 35.8 Å². The molecule has 0 fully saturated rings. The number of hydrogen-bond donors (Lipinski definition) is 1. The fourth-order valence-corrected chi connectivity index (χ4v) is 2.23. The van der Waals surface area contributed by atoms with Gasteiger partial charge in [-0.15, -0.1) is 0 Å². The Hall–Kier alpha value is -1.33. The first-order valence-electron chi connectivity index (χ1n) is 4.92. The number of rotatable bonds is 3. The molecular formula is C11H13N3OS. The van der Waals surface area contributed by atoms with E-state index in [-0.39, 0.29) is 6.61 Å². The highest BCUT2D eigenvalue weighted by Gasteiger charge is 2.07. The van der Waals surface area contributed by atoms with Gasteiger partial charge in [-0.3, -0.25) is 0 Å². The Morgan fingerprint density at radius 2 is 2.25 bits per heavy atom. The Morgan fingerprint density at radius 3 is 2.88 bits per heavy atom. The van der Waals surface area contributed by atoms with Crippen molar-refractivity contribution in [1.82, 2.24) is 14.5 Å². The smallest absolute Gasteiger partial charge is 0.174 e. The molecule has 84 valence electrons. The molecule has 0 spiro atoms. The normalized spacial score (nSPS) is 10.7. The molecule has 0 aliphatic carbocycles. The SMILES string of the molecule is Cc1ccnc(Sc2ncc(CO)n2C)c1. The monoisotopic (exact) mass is 235 g/mol. The van der Waals surface area contributed by atoms with E-state index in [1.807, 2.05) is 30.7 Å². The van der Waals surface area contributed by atoms with Crippen LogP contribution >= 0.6 is 11.8 Å². The van der Waals surface area contributed by atoms with Crippen molar-refractivity contribution in [1.29, 1.82) is 0 Å². The number of aromatic nitrogens is 3. The van der Waals surface area contributed by atoms with Crippen molar-refractivity contribution in [2.24, 2.45) is 7.05 Å². The van der Waals surface area contributed by atoms with Gasteiger partial charge in [-0.05, 0) is 36.4 Å². The molecule has 2 rings (SSSR count). The molecule has 0 aromatic carbocycles. The van der Waals surface area contributed by atoms with Gasteiger partial charge >= 0.3 is 0 Å². The summed E-state index contributed by atoms with van der Waals surface area (Å²) < 4.78 is 1.87. The summed E-state index contributed by atoms with van der Waals surface area (Å²) in [4.78, 5) is 8.50. The van der Waals surface area contributed by atoms with Crippen LogP contribution in [-0.4, -0.2) is 19.6 Å². The lowest BCUT2D eigenvalue weighted by atomic mass is 10.3. The molecule has 16 heavy (non-hydrogen) atoms. The molecular weight excluding hydrogens is 222 g/mol. The fraction of sp³-hybridized carbons (Fsp3) is 0.273. The predicted octanol–water partition coefficient (Wildman–Crippen LogP) is 1.77. The summed E-state index contributed by atoms with van der Waals surface area (Å²) in [5, 5.41) is 10.8. The summed E-state index contributed by atoms with van der Waals surface area (Å²) >= 11 is 1.49. The number of imidazole rings is 1. The lowest BCUT2D eigenvalue weighted by Gasteiger charge is -2.03. The van der Waals surface area contributed by atoms with Gasteiger partial charge in [-0.25, -0.2) is 9.97 Å². The third-order valence-corrected chi connectivity index (χ3v) is 3.28. The van der Waals surface area contributed by atoms with Crippen molar-refractivity contribution >= 4 is 11.8 Å². The molecule has 0 bridgehead atoms. The summed E-state index contributed by atoms with van der Waals surface area (Å²) in [6, 6.07) is 3.97. The molecule has 2 heterocycles. The van der Waals surface area contributed by atoms with Gasteiger partial charge in [0, 0.05) is 13.2 Å². The van der Waals surface area contributed by atoms with E-state index in [2.05, 4.69) is 9.97 Å². The second-order valence-corrected chi connectivity index (χ2v) is 4.51. The van der Waals surface area contributed by atoms with E-state index in [1.165, 1.54) is 17.3 Å². The van der Waals surface area contributed by atoms with Crippen LogP contribution in [0.1, 0.15) is 11.3 Å². The molecule has 2 aromatic heterocycles. The van der Waals surface area contributed by atoms with Gasteiger partial charge in [-0.1, -0.05) is 0 Å². The predicted molar refractivity (Wildman–Crippen MR) is 62.2 cm³/mol. The summed E-state index contributed by atoms with van der Waals surface area (Å²) in [6.45, 7) is 2.04. The Bertz CT molecular complexity index is 496. The molecule has 0 aliphatic rings. The third-order valence-electron chi connectivity index (χ3n) is 2.29. The minimum absolute atomic E-state index is 0.00526. The standard InChI is InChI=1S/C11H13N3OS/c1-8-3-4-12-10(5-8)16-11-13-6-9(7-15)14(11)2/h3-6,15H,7H2,1-2H3. The van der Waals surface area contributed by atoms with Crippen LogP contribution in [0.3, 0.4) is 0 Å². The minimum atomic E-state index is 0.00526. The highest BCUT2D eigenvalue weighted by atomic mass is 32.2. The van der Waals surface area contributed by atoms with Crippen molar-refractivity contribution < 1.29 is 5.11 Å². The highest BCUT2D eigenvalue weighted by Crippen LogP contribution is 2.25. The third kappa shape index (κ3) is 2.25. The maximum atomic E-state index is 9.06. The van der Waals surface area contributed by atoms with Crippen LogP contribution in [0.2, 0.25) is 0 Å². The number of aryl methyl sites for hydroxylation is 1. The lowest BCUT2D eigenvalue weighted by Crippen LogP contribution is -1.97. The second kappa shape index (κ2) is 4.67. The first-order chi connectivity index (χ1) is 7.70. The lowest BCUT2D eigenvalue weighted by molar-refractivity contribution is 0.271. The second-order valence-electron chi connectivity index (χ2n) is 3.52. The van der Waals surface area contributed by atoms with Crippen molar-refractivity contribution in [2.75, 3.05) is 0 Å². The van der Waals surface area contributed by atoms with Crippen LogP contribution in [0.4, 0.5) is 0 Å². The molecule has 0 amide bonds. The number of aliphatic hydroxyl groups excluding tert-OH is 1. The average molecular weight is 235 g/mol. The first kappa shape index (κ1) is 11.2. The van der Waals surface area contributed by atoms with Gasteiger partial charge in [0.2, 0.25) is 0 Å². The zero-order valence-corrected chi connectivity index (χ0v) is 10.0. The van der Waals surface area contributed by atoms with Crippen molar-refractivity contribution in [2.45, 2.75) is 23.7 Å². The fourth-order valence-electron chi connectivity index (χ4n) is 1.33. The van der Waals surface area contributed by atoms with E-state index < -0.39 is 0 Å². The van der Waals surface area contributed by atoms with E-state index in [9.17, 15) is 0 Å². The van der Waals surface area contributed by atoms with Crippen LogP contribution < -0.4 is 0 Å². The first-order valence-corrected chi connectivity index (χ1v) is 5.74. The van der Waals surface area contributed by atoms with E-state index in [1.54, 1.807) is 12.4 Å². The number of aliphatic hydroxyl groups is 1. The van der Waals surface area contributed by atoms with Gasteiger partial charge in [0.15, 0.2) is 5.16 Å². The Balaban J connectivity index is 2.24. The number of nitrogens with zero attached hydrogens (tertiary/aromatic N) is 3. The van der Waals surface area contributed by atoms with E-state index in [4.69, 9.17) is 5.11 Å². The van der Waals surface area contributed by atoms with Crippen molar-refractivity contribution in [3.63, 3.8) is 0 Å². The van der Waals surface area contributed by atoms with Crippen LogP contribution in [0.25, 0.3) is 0 Å². The zero-order valence-electron chi connectivity index (χ0n) is 9.21. The molecule has 2 aromatic rings. The molecule has 4 nitrogen and oxygen atoms in total.